The summed E-state index contributed by atoms with van der Waals surface area (Å²) >= 11 is 0. The summed E-state index contributed by atoms with van der Waals surface area (Å²) in [5.74, 6) is 0.662. The number of benzene rings is 1. The van der Waals surface area contributed by atoms with Crippen molar-refractivity contribution in [2.24, 2.45) is 5.92 Å². The van der Waals surface area contributed by atoms with Gasteiger partial charge in [-0.2, -0.15) is 0 Å². The fourth-order valence-corrected chi connectivity index (χ4v) is 2.01. The second-order valence-corrected chi connectivity index (χ2v) is 5.78. The maximum Gasteiger partial charge on any atom is 0.224 e. The third-order valence-electron chi connectivity index (χ3n) is 3.32. The predicted molar refractivity (Wildman–Crippen MR) is 85.9 cm³/mol. The van der Waals surface area contributed by atoms with Gasteiger partial charge in [0, 0.05) is 18.2 Å². The molecule has 1 aromatic rings. The molecule has 1 amide bonds. The first-order chi connectivity index (χ1) is 9.52. The molecule has 3 heteroatoms. The van der Waals surface area contributed by atoms with E-state index in [-0.39, 0.29) is 5.91 Å². The highest BCUT2D eigenvalue weighted by molar-refractivity contribution is 5.90. The van der Waals surface area contributed by atoms with Crippen molar-refractivity contribution >= 4 is 11.6 Å². The van der Waals surface area contributed by atoms with E-state index in [2.05, 4.69) is 50.5 Å². The Kier molecular flexibility index (Phi) is 7.31. The van der Waals surface area contributed by atoms with E-state index >= 15 is 0 Å². The van der Waals surface area contributed by atoms with Crippen LogP contribution in [0.2, 0.25) is 0 Å². The molecule has 3 nitrogen and oxygen atoms in total. The monoisotopic (exact) mass is 276 g/mol. The van der Waals surface area contributed by atoms with Crippen LogP contribution >= 0.6 is 0 Å². The number of carbonyl (C=O) groups excluding carboxylic acids is 1. The average molecular weight is 276 g/mol. The molecule has 0 aromatic heterocycles. The van der Waals surface area contributed by atoms with Gasteiger partial charge in [0.2, 0.25) is 5.91 Å². The van der Waals surface area contributed by atoms with E-state index in [9.17, 15) is 4.79 Å². The highest BCUT2D eigenvalue weighted by atomic mass is 16.1. The van der Waals surface area contributed by atoms with E-state index in [0.29, 0.717) is 18.4 Å². The number of anilines is 1. The van der Waals surface area contributed by atoms with Crippen molar-refractivity contribution in [2.45, 2.75) is 53.0 Å². The van der Waals surface area contributed by atoms with E-state index < -0.39 is 0 Å². The van der Waals surface area contributed by atoms with Gasteiger partial charge in [0.1, 0.15) is 0 Å². The minimum absolute atomic E-state index is 0.102. The fourth-order valence-electron chi connectivity index (χ4n) is 2.01. The molecule has 0 aliphatic heterocycles. The van der Waals surface area contributed by atoms with Crippen molar-refractivity contribution in [1.29, 1.82) is 0 Å². The number of hydrogen-bond donors (Lipinski definition) is 2. The Bertz CT molecular complexity index is 415. The Hall–Kier alpha value is -1.35. The van der Waals surface area contributed by atoms with Crippen LogP contribution in [0, 0.1) is 5.92 Å². The molecule has 0 aliphatic carbocycles. The Morgan fingerprint density at radius 3 is 2.65 bits per heavy atom. The first kappa shape index (κ1) is 16.7. The maximum atomic E-state index is 11.8. The highest BCUT2D eigenvalue weighted by Gasteiger charge is 2.07. The number of hydrogen-bond acceptors (Lipinski definition) is 2. The zero-order chi connectivity index (χ0) is 15.0. The van der Waals surface area contributed by atoms with Gasteiger partial charge in [-0.3, -0.25) is 4.79 Å². The highest BCUT2D eigenvalue weighted by Crippen LogP contribution is 2.18. The Labute approximate surface area is 123 Å². The Morgan fingerprint density at radius 1 is 1.25 bits per heavy atom. The minimum atomic E-state index is 0.102. The van der Waals surface area contributed by atoms with E-state index in [1.807, 2.05) is 12.1 Å². The third kappa shape index (κ3) is 6.20. The van der Waals surface area contributed by atoms with E-state index in [4.69, 9.17) is 0 Å². The quantitative estimate of drug-likeness (QED) is 0.750. The van der Waals surface area contributed by atoms with E-state index in [1.54, 1.807) is 0 Å². The first-order valence-electron chi connectivity index (χ1n) is 7.66. The van der Waals surface area contributed by atoms with Crippen molar-refractivity contribution < 1.29 is 4.79 Å². The molecular weight excluding hydrogens is 248 g/mol. The molecule has 112 valence electrons. The molecule has 0 saturated carbocycles. The summed E-state index contributed by atoms with van der Waals surface area (Å²) in [6.45, 7) is 9.58. The topological polar surface area (TPSA) is 41.1 Å². The van der Waals surface area contributed by atoms with Gasteiger partial charge in [0.05, 0.1) is 0 Å². The van der Waals surface area contributed by atoms with Crippen LogP contribution in [0.5, 0.6) is 0 Å². The van der Waals surface area contributed by atoms with Gasteiger partial charge in [-0.05, 0) is 49.9 Å². The summed E-state index contributed by atoms with van der Waals surface area (Å²) in [5.41, 5.74) is 2.10. The molecule has 1 atom stereocenters. The smallest absolute Gasteiger partial charge is 0.224 e. The molecule has 0 spiro atoms. The van der Waals surface area contributed by atoms with Gasteiger partial charge in [0.25, 0.3) is 0 Å². The molecule has 0 aliphatic rings. The standard InChI is InChI=1S/C17H28N2O/c1-5-11-18-14(4)15-7-6-8-16(12-15)19-17(20)10-9-13(2)3/h6-8,12-14,18H,5,9-11H2,1-4H3,(H,19,20). The zero-order valence-corrected chi connectivity index (χ0v) is 13.2. The average Bonchev–Trinajstić information content (AvgIpc) is 2.42. The lowest BCUT2D eigenvalue weighted by atomic mass is 10.1. The van der Waals surface area contributed by atoms with Crippen molar-refractivity contribution in [3.63, 3.8) is 0 Å². The lowest BCUT2D eigenvalue weighted by Crippen LogP contribution is -2.19. The maximum absolute atomic E-state index is 11.8. The second-order valence-electron chi connectivity index (χ2n) is 5.78. The summed E-state index contributed by atoms with van der Waals surface area (Å²) in [7, 11) is 0. The lowest BCUT2D eigenvalue weighted by molar-refractivity contribution is -0.116. The minimum Gasteiger partial charge on any atom is -0.326 e. The third-order valence-corrected chi connectivity index (χ3v) is 3.32. The Morgan fingerprint density at radius 2 is 2.00 bits per heavy atom. The number of nitrogens with one attached hydrogen (secondary N) is 2. The molecular formula is C17H28N2O. The Balaban J connectivity index is 2.56. The van der Waals surface area contributed by atoms with Gasteiger partial charge >= 0.3 is 0 Å². The molecule has 0 fully saturated rings. The molecule has 0 heterocycles. The van der Waals surface area contributed by atoms with Crippen LogP contribution in [-0.4, -0.2) is 12.5 Å². The van der Waals surface area contributed by atoms with Crippen molar-refractivity contribution in [2.75, 3.05) is 11.9 Å². The summed E-state index contributed by atoms with van der Waals surface area (Å²) in [6.07, 6.45) is 2.64. The van der Waals surface area contributed by atoms with Crippen molar-refractivity contribution in [3.05, 3.63) is 29.8 Å². The van der Waals surface area contributed by atoms with Crippen LogP contribution in [0.15, 0.2) is 24.3 Å². The van der Waals surface area contributed by atoms with Crippen LogP contribution in [-0.2, 0) is 4.79 Å². The lowest BCUT2D eigenvalue weighted by Gasteiger charge is -2.15. The largest absolute Gasteiger partial charge is 0.326 e. The molecule has 2 N–H and O–H groups in total. The van der Waals surface area contributed by atoms with E-state index in [0.717, 1.165) is 25.1 Å². The molecule has 20 heavy (non-hydrogen) atoms. The van der Waals surface area contributed by atoms with E-state index in [1.165, 1.54) is 5.56 Å². The van der Waals surface area contributed by atoms with Crippen LogP contribution in [0.3, 0.4) is 0 Å². The predicted octanol–water partition coefficient (Wildman–Crippen LogP) is 4.12. The normalized spacial score (nSPS) is 12.4. The van der Waals surface area contributed by atoms with Crippen molar-refractivity contribution in [1.82, 2.24) is 5.32 Å². The molecule has 0 saturated heterocycles. The zero-order valence-electron chi connectivity index (χ0n) is 13.2. The molecule has 0 radical (unpaired) electrons. The van der Waals surface area contributed by atoms with Crippen LogP contribution in [0.25, 0.3) is 0 Å². The summed E-state index contributed by atoms with van der Waals surface area (Å²) in [6, 6.07) is 8.40. The van der Waals surface area contributed by atoms with Gasteiger partial charge in [-0.15, -0.1) is 0 Å². The summed E-state index contributed by atoms with van der Waals surface area (Å²) < 4.78 is 0. The van der Waals surface area contributed by atoms with Crippen molar-refractivity contribution in [3.8, 4) is 0 Å². The number of rotatable bonds is 8. The molecule has 1 aromatic carbocycles. The summed E-state index contributed by atoms with van der Waals surface area (Å²) in [5, 5.41) is 6.44. The second kappa shape index (κ2) is 8.75. The van der Waals surface area contributed by atoms with Gasteiger partial charge < -0.3 is 10.6 Å². The SMILES string of the molecule is CCCNC(C)c1cccc(NC(=O)CCC(C)C)c1. The van der Waals surface area contributed by atoms with Gasteiger partial charge in [-0.25, -0.2) is 0 Å². The molecule has 1 rings (SSSR count). The number of amides is 1. The van der Waals surface area contributed by atoms with Gasteiger partial charge in [0.15, 0.2) is 0 Å². The van der Waals surface area contributed by atoms with Crippen LogP contribution < -0.4 is 10.6 Å². The van der Waals surface area contributed by atoms with Crippen LogP contribution in [0.4, 0.5) is 5.69 Å². The summed E-state index contributed by atoms with van der Waals surface area (Å²) in [4.78, 5) is 11.8. The molecule has 1 unspecified atom stereocenters. The fraction of sp³-hybridized carbons (Fsp3) is 0.588. The number of carbonyl (C=O) groups is 1. The molecule has 0 bridgehead atoms. The van der Waals surface area contributed by atoms with Gasteiger partial charge in [-0.1, -0.05) is 32.9 Å². The van der Waals surface area contributed by atoms with Crippen LogP contribution in [0.1, 0.15) is 58.6 Å². The first-order valence-corrected chi connectivity index (χ1v) is 7.66.